The first kappa shape index (κ1) is 29.6. The third-order valence-electron chi connectivity index (χ3n) is 5.56. The zero-order chi connectivity index (χ0) is 26.0. The van der Waals surface area contributed by atoms with Gasteiger partial charge in [0.05, 0.1) is 10.0 Å². The lowest BCUT2D eigenvalue weighted by Crippen LogP contribution is -2.35. The molecular formula is C25H30Cl3NO5S. The van der Waals surface area contributed by atoms with Crippen molar-refractivity contribution in [2.24, 2.45) is 0 Å². The Morgan fingerprint density at radius 2 is 1.60 bits per heavy atom. The van der Waals surface area contributed by atoms with Crippen LogP contribution in [-0.2, 0) is 14.8 Å². The van der Waals surface area contributed by atoms with Crippen LogP contribution in [0, 0.1) is 0 Å². The molecule has 0 saturated carbocycles. The average molecular weight is 563 g/mol. The standard InChI is InChI=1S/C25H30Cl3NO5S/c1-2-8-19(9-6-4-3-5-7-10-24(30)31)29-35(33,34)23-14-11-17(15-22(23)28)25(32)20-13-12-18(26)16-21(20)27/h11-16,19,29H,2-10H2,1H3,(H,30,31). The Kier molecular flexibility index (Phi) is 12.0. The van der Waals surface area contributed by atoms with Crippen LogP contribution in [0.3, 0.4) is 0 Å². The molecular weight excluding hydrogens is 533 g/mol. The average Bonchev–Trinajstić information content (AvgIpc) is 2.77. The summed E-state index contributed by atoms with van der Waals surface area (Å²) >= 11 is 18.3. The van der Waals surface area contributed by atoms with Crippen LogP contribution in [0.15, 0.2) is 41.3 Å². The maximum atomic E-state index is 13.0. The smallest absolute Gasteiger partial charge is 0.303 e. The van der Waals surface area contributed by atoms with E-state index in [0.717, 1.165) is 32.1 Å². The van der Waals surface area contributed by atoms with Gasteiger partial charge in [0.2, 0.25) is 10.0 Å². The second-order valence-corrected chi connectivity index (χ2v) is 11.3. The molecule has 2 N–H and O–H groups in total. The van der Waals surface area contributed by atoms with Gasteiger partial charge >= 0.3 is 5.97 Å². The first-order valence-corrected chi connectivity index (χ1v) is 14.2. The van der Waals surface area contributed by atoms with E-state index in [9.17, 15) is 18.0 Å². The van der Waals surface area contributed by atoms with Gasteiger partial charge in [0.15, 0.2) is 5.78 Å². The fourth-order valence-corrected chi connectivity index (χ4v) is 6.12. The van der Waals surface area contributed by atoms with Crippen LogP contribution in [0.4, 0.5) is 0 Å². The third kappa shape index (κ3) is 9.39. The van der Waals surface area contributed by atoms with Gasteiger partial charge in [0.25, 0.3) is 0 Å². The van der Waals surface area contributed by atoms with Gasteiger partial charge in [-0.15, -0.1) is 0 Å². The van der Waals surface area contributed by atoms with Crippen molar-refractivity contribution in [1.29, 1.82) is 0 Å². The Balaban J connectivity index is 2.04. The minimum Gasteiger partial charge on any atom is -0.481 e. The van der Waals surface area contributed by atoms with E-state index in [-0.39, 0.29) is 38.5 Å². The van der Waals surface area contributed by atoms with Crippen molar-refractivity contribution in [2.45, 2.75) is 75.6 Å². The summed E-state index contributed by atoms with van der Waals surface area (Å²) in [5, 5.41) is 9.23. The molecule has 35 heavy (non-hydrogen) atoms. The summed E-state index contributed by atoms with van der Waals surface area (Å²) in [6.45, 7) is 1.99. The zero-order valence-electron chi connectivity index (χ0n) is 19.5. The number of nitrogens with one attached hydrogen (secondary N) is 1. The fourth-order valence-electron chi connectivity index (χ4n) is 3.78. The van der Waals surface area contributed by atoms with E-state index in [4.69, 9.17) is 39.9 Å². The number of carboxylic acids is 1. The van der Waals surface area contributed by atoms with Crippen LogP contribution < -0.4 is 4.72 Å². The Labute approximate surface area is 222 Å². The van der Waals surface area contributed by atoms with Crippen LogP contribution in [0.25, 0.3) is 0 Å². The highest BCUT2D eigenvalue weighted by Crippen LogP contribution is 2.28. The van der Waals surface area contributed by atoms with E-state index in [1.54, 1.807) is 6.07 Å². The number of sulfonamides is 1. The number of carboxylic acid groups (broad SMARTS) is 1. The monoisotopic (exact) mass is 561 g/mol. The van der Waals surface area contributed by atoms with Crippen molar-refractivity contribution in [3.05, 3.63) is 62.6 Å². The largest absolute Gasteiger partial charge is 0.481 e. The summed E-state index contributed by atoms with van der Waals surface area (Å²) in [4.78, 5) is 23.3. The van der Waals surface area contributed by atoms with Gasteiger partial charge < -0.3 is 5.11 Å². The third-order valence-corrected chi connectivity index (χ3v) is 8.11. The summed E-state index contributed by atoms with van der Waals surface area (Å²) in [6, 6.07) is 8.35. The molecule has 2 aromatic rings. The summed E-state index contributed by atoms with van der Waals surface area (Å²) in [5.41, 5.74) is 0.456. The molecule has 10 heteroatoms. The number of benzene rings is 2. The van der Waals surface area contributed by atoms with Gasteiger partial charge in [-0.25, -0.2) is 13.1 Å². The van der Waals surface area contributed by atoms with Gasteiger partial charge in [0.1, 0.15) is 4.90 Å². The molecule has 192 valence electrons. The molecule has 1 atom stereocenters. The van der Waals surface area contributed by atoms with Gasteiger partial charge in [0, 0.05) is 28.6 Å². The highest BCUT2D eigenvalue weighted by Gasteiger charge is 2.24. The van der Waals surface area contributed by atoms with Crippen molar-refractivity contribution in [3.63, 3.8) is 0 Å². The molecule has 0 heterocycles. The Morgan fingerprint density at radius 1 is 0.914 bits per heavy atom. The lowest BCUT2D eigenvalue weighted by molar-refractivity contribution is -0.137. The lowest BCUT2D eigenvalue weighted by Gasteiger charge is -2.19. The molecule has 0 aliphatic rings. The van der Waals surface area contributed by atoms with Crippen LogP contribution >= 0.6 is 34.8 Å². The van der Waals surface area contributed by atoms with E-state index < -0.39 is 21.8 Å². The molecule has 0 amide bonds. The van der Waals surface area contributed by atoms with Gasteiger partial charge in [-0.3, -0.25) is 9.59 Å². The number of aliphatic carboxylic acids is 1. The molecule has 2 rings (SSSR count). The normalized spacial score (nSPS) is 12.5. The van der Waals surface area contributed by atoms with E-state index >= 15 is 0 Å². The number of rotatable bonds is 15. The molecule has 0 aliphatic carbocycles. The minimum atomic E-state index is -3.90. The number of carbonyl (C=O) groups is 2. The molecule has 0 radical (unpaired) electrons. The first-order valence-electron chi connectivity index (χ1n) is 11.6. The zero-order valence-corrected chi connectivity index (χ0v) is 22.6. The molecule has 0 aromatic heterocycles. The summed E-state index contributed by atoms with van der Waals surface area (Å²) in [7, 11) is -3.90. The number of unbranched alkanes of at least 4 members (excludes halogenated alkanes) is 4. The van der Waals surface area contributed by atoms with Crippen molar-refractivity contribution < 1.29 is 23.1 Å². The van der Waals surface area contributed by atoms with Gasteiger partial charge in [-0.05, 0) is 55.7 Å². The summed E-state index contributed by atoms with van der Waals surface area (Å²) < 4.78 is 28.8. The second kappa shape index (κ2) is 14.2. The molecule has 2 aromatic carbocycles. The highest BCUT2D eigenvalue weighted by molar-refractivity contribution is 7.89. The molecule has 6 nitrogen and oxygen atoms in total. The quantitative estimate of drug-likeness (QED) is 0.177. The summed E-state index contributed by atoms with van der Waals surface area (Å²) in [5.74, 6) is -1.18. The molecule has 1 unspecified atom stereocenters. The van der Waals surface area contributed by atoms with Crippen molar-refractivity contribution in [2.75, 3.05) is 0 Å². The Bertz CT molecular complexity index is 1140. The van der Waals surface area contributed by atoms with Crippen LogP contribution in [0.5, 0.6) is 0 Å². The highest BCUT2D eigenvalue weighted by atomic mass is 35.5. The molecule has 0 aliphatic heterocycles. The maximum absolute atomic E-state index is 13.0. The Hall–Kier alpha value is -1.64. The number of hydrogen-bond acceptors (Lipinski definition) is 4. The molecule has 0 fully saturated rings. The predicted octanol–water partition coefficient (Wildman–Crippen LogP) is 7.14. The second-order valence-electron chi connectivity index (χ2n) is 8.41. The van der Waals surface area contributed by atoms with Crippen molar-refractivity contribution >= 4 is 56.6 Å². The van der Waals surface area contributed by atoms with Crippen LogP contribution in [0.1, 0.15) is 80.6 Å². The fraction of sp³-hybridized carbons (Fsp3) is 0.440. The van der Waals surface area contributed by atoms with Crippen LogP contribution in [0.2, 0.25) is 15.1 Å². The summed E-state index contributed by atoms with van der Waals surface area (Å²) in [6.07, 6.45) is 6.51. The first-order chi connectivity index (χ1) is 16.5. The maximum Gasteiger partial charge on any atom is 0.303 e. The number of carbonyl (C=O) groups excluding carboxylic acids is 1. The molecule has 0 saturated heterocycles. The van der Waals surface area contributed by atoms with E-state index in [0.29, 0.717) is 24.3 Å². The number of hydrogen-bond donors (Lipinski definition) is 2. The van der Waals surface area contributed by atoms with E-state index in [2.05, 4.69) is 4.72 Å². The van der Waals surface area contributed by atoms with Gasteiger partial charge in [-0.1, -0.05) is 73.8 Å². The number of halogens is 3. The lowest BCUT2D eigenvalue weighted by atomic mass is 10.0. The van der Waals surface area contributed by atoms with Crippen molar-refractivity contribution in [1.82, 2.24) is 4.72 Å². The predicted molar refractivity (Wildman–Crippen MR) is 140 cm³/mol. The molecule has 0 bridgehead atoms. The van der Waals surface area contributed by atoms with E-state index in [1.165, 1.54) is 30.3 Å². The van der Waals surface area contributed by atoms with Crippen molar-refractivity contribution in [3.8, 4) is 0 Å². The topological polar surface area (TPSA) is 101 Å². The molecule has 0 spiro atoms. The Morgan fingerprint density at radius 3 is 2.23 bits per heavy atom. The minimum absolute atomic E-state index is 0.0536. The SMILES string of the molecule is CCCC(CCCCCCCC(=O)O)NS(=O)(=O)c1ccc(C(=O)c2ccc(Cl)cc2Cl)cc1Cl. The van der Waals surface area contributed by atoms with Crippen LogP contribution in [-0.4, -0.2) is 31.3 Å². The van der Waals surface area contributed by atoms with Gasteiger partial charge in [-0.2, -0.15) is 0 Å². The number of ketones is 1. The van der Waals surface area contributed by atoms with E-state index in [1.807, 2.05) is 6.92 Å².